The van der Waals surface area contributed by atoms with E-state index in [-0.39, 0.29) is 5.82 Å². The molecular formula is C9H8FN3. The highest BCUT2D eigenvalue weighted by atomic mass is 19.1. The van der Waals surface area contributed by atoms with Gasteiger partial charge in [0, 0.05) is 6.20 Å². The minimum atomic E-state index is -0.274. The Bertz CT molecular complexity index is 384. The zero-order chi connectivity index (χ0) is 9.10. The number of para-hydroxylation sites is 1. The van der Waals surface area contributed by atoms with E-state index in [9.17, 15) is 4.39 Å². The third-order valence-electron chi connectivity index (χ3n) is 1.65. The molecule has 1 aromatic heterocycles. The molecule has 0 aliphatic rings. The Labute approximate surface area is 74.6 Å². The Hall–Kier alpha value is -1.84. The van der Waals surface area contributed by atoms with Crippen LogP contribution in [0.5, 0.6) is 0 Å². The van der Waals surface area contributed by atoms with Crippen LogP contribution >= 0.6 is 0 Å². The van der Waals surface area contributed by atoms with Crippen LogP contribution in [0.1, 0.15) is 0 Å². The van der Waals surface area contributed by atoms with E-state index in [1.807, 2.05) is 0 Å². The Morgan fingerprint density at radius 3 is 2.85 bits per heavy atom. The van der Waals surface area contributed by atoms with E-state index in [0.29, 0.717) is 5.69 Å². The van der Waals surface area contributed by atoms with E-state index in [2.05, 4.69) is 15.5 Å². The summed E-state index contributed by atoms with van der Waals surface area (Å²) in [5.74, 6) is -0.274. The van der Waals surface area contributed by atoms with Gasteiger partial charge in [0.1, 0.15) is 5.82 Å². The van der Waals surface area contributed by atoms with Crippen molar-refractivity contribution in [2.45, 2.75) is 0 Å². The summed E-state index contributed by atoms with van der Waals surface area (Å²) in [6, 6.07) is 6.49. The fraction of sp³-hybridized carbons (Fsp3) is 0. The van der Waals surface area contributed by atoms with Crippen LogP contribution < -0.4 is 5.32 Å². The highest BCUT2D eigenvalue weighted by Crippen LogP contribution is 2.17. The van der Waals surface area contributed by atoms with Gasteiger partial charge >= 0.3 is 0 Å². The molecule has 0 atom stereocenters. The van der Waals surface area contributed by atoms with Crippen LogP contribution in [0.15, 0.2) is 36.7 Å². The molecule has 66 valence electrons. The molecule has 4 heteroatoms. The molecule has 2 N–H and O–H groups in total. The molecule has 1 aromatic carbocycles. The quantitative estimate of drug-likeness (QED) is 0.738. The molecule has 1 heterocycles. The summed E-state index contributed by atoms with van der Waals surface area (Å²) in [4.78, 5) is 0. The van der Waals surface area contributed by atoms with Gasteiger partial charge in [-0.2, -0.15) is 5.10 Å². The fourth-order valence-corrected chi connectivity index (χ4v) is 1.04. The molecule has 3 nitrogen and oxygen atoms in total. The molecule has 2 aromatic rings. The molecule has 2 rings (SSSR count). The van der Waals surface area contributed by atoms with Gasteiger partial charge in [-0.15, -0.1) is 0 Å². The minimum Gasteiger partial charge on any atom is -0.351 e. The lowest BCUT2D eigenvalue weighted by molar-refractivity contribution is 0.632. The predicted octanol–water partition coefficient (Wildman–Crippen LogP) is 2.29. The molecule has 0 amide bonds. The second-order valence-electron chi connectivity index (χ2n) is 2.59. The van der Waals surface area contributed by atoms with Crippen molar-refractivity contribution in [3.8, 4) is 0 Å². The minimum absolute atomic E-state index is 0.274. The average molecular weight is 177 g/mol. The van der Waals surface area contributed by atoms with Gasteiger partial charge < -0.3 is 5.32 Å². The fourth-order valence-electron chi connectivity index (χ4n) is 1.04. The van der Waals surface area contributed by atoms with Crippen molar-refractivity contribution < 1.29 is 4.39 Å². The summed E-state index contributed by atoms with van der Waals surface area (Å²) in [5, 5.41) is 9.26. The number of nitrogens with one attached hydrogen (secondary N) is 2. The molecule has 0 unspecified atom stereocenters. The standard InChI is InChI=1S/C9H8FN3/c10-8-3-1-2-4-9(8)13-7-5-11-12-6-7/h1-6,13H,(H,11,12). The number of hydrogen-bond donors (Lipinski definition) is 2. The Morgan fingerprint density at radius 2 is 2.15 bits per heavy atom. The monoisotopic (exact) mass is 177 g/mol. The maximum absolute atomic E-state index is 13.1. The van der Waals surface area contributed by atoms with Gasteiger partial charge in [-0.3, -0.25) is 5.10 Å². The third-order valence-corrected chi connectivity index (χ3v) is 1.65. The van der Waals surface area contributed by atoms with Crippen LogP contribution in [0.25, 0.3) is 0 Å². The van der Waals surface area contributed by atoms with Crippen LogP contribution in [0.4, 0.5) is 15.8 Å². The maximum atomic E-state index is 13.1. The average Bonchev–Trinajstić information content (AvgIpc) is 2.61. The van der Waals surface area contributed by atoms with Crippen LogP contribution in [0, 0.1) is 5.82 Å². The highest BCUT2D eigenvalue weighted by molar-refractivity contribution is 5.58. The predicted molar refractivity (Wildman–Crippen MR) is 48.3 cm³/mol. The number of rotatable bonds is 2. The van der Waals surface area contributed by atoms with E-state index >= 15 is 0 Å². The number of nitrogens with zero attached hydrogens (tertiary/aromatic N) is 1. The zero-order valence-corrected chi connectivity index (χ0v) is 6.79. The molecule has 13 heavy (non-hydrogen) atoms. The molecule has 0 radical (unpaired) electrons. The van der Waals surface area contributed by atoms with E-state index in [0.717, 1.165) is 5.69 Å². The lowest BCUT2D eigenvalue weighted by Crippen LogP contribution is -1.91. The topological polar surface area (TPSA) is 40.7 Å². The lowest BCUT2D eigenvalue weighted by atomic mass is 10.3. The molecule has 0 aliphatic carbocycles. The molecule has 0 spiro atoms. The van der Waals surface area contributed by atoms with E-state index in [1.165, 1.54) is 6.07 Å². The van der Waals surface area contributed by atoms with Gasteiger partial charge in [0.25, 0.3) is 0 Å². The van der Waals surface area contributed by atoms with Gasteiger partial charge in [-0.05, 0) is 12.1 Å². The van der Waals surface area contributed by atoms with Crippen molar-refractivity contribution in [1.82, 2.24) is 10.2 Å². The molecule has 0 saturated carbocycles. The number of hydrogen-bond acceptors (Lipinski definition) is 2. The molecule has 0 saturated heterocycles. The van der Waals surface area contributed by atoms with Gasteiger partial charge in [0.05, 0.1) is 17.6 Å². The molecule has 0 bridgehead atoms. The number of aromatic amines is 1. The van der Waals surface area contributed by atoms with Gasteiger partial charge in [0.2, 0.25) is 0 Å². The van der Waals surface area contributed by atoms with Crippen molar-refractivity contribution >= 4 is 11.4 Å². The first-order chi connectivity index (χ1) is 6.36. The zero-order valence-electron chi connectivity index (χ0n) is 6.79. The van der Waals surface area contributed by atoms with Crippen molar-refractivity contribution in [3.63, 3.8) is 0 Å². The SMILES string of the molecule is Fc1ccccc1Nc1cn[nH]c1. The Balaban J connectivity index is 2.24. The van der Waals surface area contributed by atoms with E-state index in [4.69, 9.17) is 0 Å². The van der Waals surface area contributed by atoms with Crippen LogP contribution in [-0.4, -0.2) is 10.2 Å². The molecular weight excluding hydrogens is 169 g/mol. The van der Waals surface area contributed by atoms with Crippen LogP contribution in [0.3, 0.4) is 0 Å². The first-order valence-corrected chi connectivity index (χ1v) is 3.86. The second kappa shape index (κ2) is 3.26. The second-order valence-corrected chi connectivity index (χ2v) is 2.59. The molecule has 0 fully saturated rings. The van der Waals surface area contributed by atoms with Crippen molar-refractivity contribution in [2.75, 3.05) is 5.32 Å². The number of H-pyrrole nitrogens is 1. The summed E-state index contributed by atoms with van der Waals surface area (Å²) < 4.78 is 13.1. The number of aromatic nitrogens is 2. The van der Waals surface area contributed by atoms with Gasteiger partial charge in [0.15, 0.2) is 0 Å². The smallest absolute Gasteiger partial charge is 0.146 e. The molecule has 0 aliphatic heterocycles. The number of benzene rings is 1. The summed E-state index contributed by atoms with van der Waals surface area (Å²) in [7, 11) is 0. The number of anilines is 2. The first-order valence-electron chi connectivity index (χ1n) is 3.86. The van der Waals surface area contributed by atoms with E-state index in [1.54, 1.807) is 30.6 Å². The van der Waals surface area contributed by atoms with Crippen molar-refractivity contribution in [3.05, 3.63) is 42.5 Å². The van der Waals surface area contributed by atoms with Gasteiger partial charge in [-0.25, -0.2) is 4.39 Å². The normalized spacial score (nSPS) is 9.92. The summed E-state index contributed by atoms with van der Waals surface area (Å²) in [6.07, 6.45) is 3.25. The van der Waals surface area contributed by atoms with E-state index < -0.39 is 0 Å². The summed E-state index contributed by atoms with van der Waals surface area (Å²) >= 11 is 0. The maximum Gasteiger partial charge on any atom is 0.146 e. The third kappa shape index (κ3) is 1.66. The summed E-state index contributed by atoms with van der Waals surface area (Å²) in [6.45, 7) is 0. The largest absolute Gasteiger partial charge is 0.351 e. The Morgan fingerprint density at radius 1 is 1.31 bits per heavy atom. The highest BCUT2D eigenvalue weighted by Gasteiger charge is 2.00. The van der Waals surface area contributed by atoms with Crippen molar-refractivity contribution in [1.29, 1.82) is 0 Å². The number of halogens is 1. The Kier molecular flexibility index (Phi) is 1.96. The van der Waals surface area contributed by atoms with Crippen LogP contribution in [-0.2, 0) is 0 Å². The lowest BCUT2D eigenvalue weighted by Gasteiger charge is -2.03. The summed E-state index contributed by atoms with van der Waals surface area (Å²) in [5.41, 5.74) is 1.19. The van der Waals surface area contributed by atoms with Gasteiger partial charge in [-0.1, -0.05) is 12.1 Å². The first kappa shape index (κ1) is 7.79. The van der Waals surface area contributed by atoms with Crippen LogP contribution in [0.2, 0.25) is 0 Å². The van der Waals surface area contributed by atoms with Crippen molar-refractivity contribution in [2.24, 2.45) is 0 Å².